The summed E-state index contributed by atoms with van der Waals surface area (Å²) in [6, 6.07) is 18.0. The number of hydrogen-bond donors (Lipinski definition) is 1. The molecule has 2 aromatic rings. The molecule has 0 heterocycles. The fraction of sp³-hybridized carbons (Fsp3) is 0.368. The molecule has 0 saturated carbocycles. The average molecular weight is 267 g/mol. The standard InChI is InChI=1S/C19H25N/c1-14(2)13-16-7-11-18(12-8-16)19(20-4)17-9-5-15(3)6-10-17/h5-12,14,19-20H,13H2,1-4H3. The number of hydrogen-bond acceptors (Lipinski definition) is 1. The van der Waals surface area contributed by atoms with Gasteiger partial charge in [0, 0.05) is 0 Å². The van der Waals surface area contributed by atoms with Crippen molar-refractivity contribution >= 4 is 0 Å². The Morgan fingerprint density at radius 2 is 1.35 bits per heavy atom. The first kappa shape index (κ1) is 14.8. The van der Waals surface area contributed by atoms with E-state index in [9.17, 15) is 0 Å². The zero-order valence-electron chi connectivity index (χ0n) is 13.0. The van der Waals surface area contributed by atoms with E-state index in [2.05, 4.69) is 74.6 Å². The Hall–Kier alpha value is -1.60. The van der Waals surface area contributed by atoms with Crippen LogP contribution in [0.25, 0.3) is 0 Å². The molecule has 0 aliphatic carbocycles. The van der Waals surface area contributed by atoms with Crippen LogP contribution in [-0.2, 0) is 6.42 Å². The summed E-state index contributed by atoms with van der Waals surface area (Å²) in [5, 5.41) is 3.41. The monoisotopic (exact) mass is 267 g/mol. The molecule has 0 saturated heterocycles. The van der Waals surface area contributed by atoms with E-state index in [-0.39, 0.29) is 6.04 Å². The molecule has 2 rings (SSSR count). The maximum absolute atomic E-state index is 3.41. The van der Waals surface area contributed by atoms with Crippen molar-refractivity contribution in [2.75, 3.05) is 7.05 Å². The zero-order valence-corrected chi connectivity index (χ0v) is 13.0. The van der Waals surface area contributed by atoms with Crippen molar-refractivity contribution in [3.63, 3.8) is 0 Å². The first-order chi connectivity index (χ1) is 9.60. The highest BCUT2D eigenvalue weighted by Gasteiger charge is 2.11. The quantitative estimate of drug-likeness (QED) is 0.841. The Morgan fingerprint density at radius 3 is 1.80 bits per heavy atom. The van der Waals surface area contributed by atoms with Gasteiger partial charge in [0.15, 0.2) is 0 Å². The van der Waals surface area contributed by atoms with Crippen LogP contribution in [0.1, 0.15) is 42.1 Å². The van der Waals surface area contributed by atoms with Gasteiger partial charge in [0.05, 0.1) is 6.04 Å². The van der Waals surface area contributed by atoms with E-state index >= 15 is 0 Å². The molecule has 0 amide bonds. The van der Waals surface area contributed by atoms with E-state index in [0.29, 0.717) is 5.92 Å². The predicted molar refractivity (Wildman–Crippen MR) is 87.1 cm³/mol. The lowest BCUT2D eigenvalue weighted by Crippen LogP contribution is -2.17. The van der Waals surface area contributed by atoms with Crippen molar-refractivity contribution in [2.45, 2.75) is 33.2 Å². The van der Waals surface area contributed by atoms with Crippen LogP contribution in [0.3, 0.4) is 0 Å². The third-order valence-corrected chi connectivity index (χ3v) is 3.66. The molecular formula is C19H25N. The van der Waals surface area contributed by atoms with Crippen LogP contribution in [0.2, 0.25) is 0 Å². The SMILES string of the molecule is CNC(c1ccc(C)cc1)c1ccc(CC(C)C)cc1. The van der Waals surface area contributed by atoms with Gasteiger partial charge in [0.2, 0.25) is 0 Å². The molecule has 0 radical (unpaired) electrons. The van der Waals surface area contributed by atoms with Crippen molar-refractivity contribution in [1.29, 1.82) is 0 Å². The minimum atomic E-state index is 0.267. The van der Waals surface area contributed by atoms with Crippen molar-refractivity contribution in [3.8, 4) is 0 Å². The van der Waals surface area contributed by atoms with Gasteiger partial charge in [0.25, 0.3) is 0 Å². The summed E-state index contributed by atoms with van der Waals surface area (Å²) in [5.41, 5.74) is 5.36. The molecule has 0 aliphatic rings. The van der Waals surface area contributed by atoms with Crippen LogP contribution in [0.5, 0.6) is 0 Å². The molecule has 1 unspecified atom stereocenters. The number of benzene rings is 2. The van der Waals surface area contributed by atoms with Gasteiger partial charge >= 0.3 is 0 Å². The van der Waals surface area contributed by atoms with E-state index in [1.165, 1.54) is 22.3 Å². The highest BCUT2D eigenvalue weighted by molar-refractivity contribution is 5.34. The van der Waals surface area contributed by atoms with Gasteiger partial charge in [-0.25, -0.2) is 0 Å². The van der Waals surface area contributed by atoms with Crippen LogP contribution in [0.15, 0.2) is 48.5 Å². The highest BCUT2D eigenvalue weighted by Crippen LogP contribution is 2.23. The summed E-state index contributed by atoms with van der Waals surface area (Å²) >= 11 is 0. The lowest BCUT2D eigenvalue weighted by atomic mass is 9.95. The second-order valence-electron chi connectivity index (χ2n) is 5.97. The van der Waals surface area contributed by atoms with Gasteiger partial charge in [-0.2, -0.15) is 0 Å². The summed E-state index contributed by atoms with van der Waals surface area (Å²) < 4.78 is 0. The number of aryl methyl sites for hydroxylation is 1. The Balaban J connectivity index is 2.21. The van der Waals surface area contributed by atoms with Crippen molar-refractivity contribution in [2.24, 2.45) is 5.92 Å². The number of nitrogens with one attached hydrogen (secondary N) is 1. The smallest absolute Gasteiger partial charge is 0.0574 e. The van der Waals surface area contributed by atoms with Gasteiger partial charge in [-0.15, -0.1) is 0 Å². The minimum absolute atomic E-state index is 0.267. The summed E-state index contributed by atoms with van der Waals surface area (Å²) in [4.78, 5) is 0. The first-order valence-electron chi connectivity index (χ1n) is 7.43. The van der Waals surface area contributed by atoms with Crippen molar-refractivity contribution in [1.82, 2.24) is 5.32 Å². The minimum Gasteiger partial charge on any atom is -0.309 e. The molecule has 1 nitrogen and oxygen atoms in total. The van der Waals surface area contributed by atoms with E-state index in [1.807, 2.05) is 7.05 Å². The summed E-state index contributed by atoms with van der Waals surface area (Å²) in [7, 11) is 2.02. The van der Waals surface area contributed by atoms with E-state index in [4.69, 9.17) is 0 Å². The topological polar surface area (TPSA) is 12.0 Å². The highest BCUT2D eigenvalue weighted by atomic mass is 14.9. The van der Waals surface area contributed by atoms with Crippen LogP contribution in [-0.4, -0.2) is 7.05 Å². The summed E-state index contributed by atoms with van der Waals surface area (Å²) in [6.45, 7) is 6.64. The Morgan fingerprint density at radius 1 is 0.850 bits per heavy atom. The first-order valence-corrected chi connectivity index (χ1v) is 7.43. The molecule has 1 atom stereocenters. The lowest BCUT2D eigenvalue weighted by Gasteiger charge is -2.18. The fourth-order valence-corrected chi connectivity index (χ4v) is 2.60. The van der Waals surface area contributed by atoms with E-state index < -0.39 is 0 Å². The molecule has 2 aromatic carbocycles. The van der Waals surface area contributed by atoms with Gasteiger partial charge in [-0.1, -0.05) is 67.9 Å². The summed E-state index contributed by atoms with van der Waals surface area (Å²) in [5.74, 6) is 0.707. The molecule has 0 aliphatic heterocycles. The van der Waals surface area contributed by atoms with Crippen LogP contribution in [0, 0.1) is 12.8 Å². The molecule has 0 aromatic heterocycles. The van der Waals surface area contributed by atoms with Crippen LogP contribution >= 0.6 is 0 Å². The van der Waals surface area contributed by atoms with E-state index in [0.717, 1.165) is 6.42 Å². The van der Waals surface area contributed by atoms with Crippen LogP contribution in [0.4, 0.5) is 0 Å². The second kappa shape index (κ2) is 6.71. The summed E-state index contributed by atoms with van der Waals surface area (Å²) in [6.07, 6.45) is 1.15. The molecule has 20 heavy (non-hydrogen) atoms. The van der Waals surface area contributed by atoms with Crippen LogP contribution < -0.4 is 5.32 Å². The van der Waals surface area contributed by atoms with Gasteiger partial charge in [0.1, 0.15) is 0 Å². The van der Waals surface area contributed by atoms with E-state index in [1.54, 1.807) is 0 Å². The lowest BCUT2D eigenvalue weighted by molar-refractivity contribution is 0.645. The Bertz CT molecular complexity index is 523. The normalized spacial score (nSPS) is 12.7. The maximum atomic E-state index is 3.41. The van der Waals surface area contributed by atoms with Crippen molar-refractivity contribution < 1.29 is 0 Å². The third-order valence-electron chi connectivity index (χ3n) is 3.66. The molecule has 0 fully saturated rings. The van der Waals surface area contributed by atoms with Crippen molar-refractivity contribution in [3.05, 3.63) is 70.8 Å². The second-order valence-corrected chi connectivity index (χ2v) is 5.97. The molecular weight excluding hydrogens is 242 g/mol. The predicted octanol–water partition coefficient (Wildman–Crippen LogP) is 4.50. The Labute approximate surface area is 123 Å². The maximum Gasteiger partial charge on any atom is 0.0574 e. The molecule has 1 N–H and O–H groups in total. The zero-order chi connectivity index (χ0) is 14.5. The third kappa shape index (κ3) is 3.71. The van der Waals surface area contributed by atoms with Gasteiger partial charge in [-0.3, -0.25) is 0 Å². The molecule has 1 heteroatoms. The molecule has 0 bridgehead atoms. The Kier molecular flexibility index (Phi) is 4.97. The largest absolute Gasteiger partial charge is 0.309 e. The molecule has 106 valence electrons. The van der Waals surface area contributed by atoms with Gasteiger partial charge < -0.3 is 5.32 Å². The van der Waals surface area contributed by atoms with Gasteiger partial charge in [-0.05, 0) is 43.0 Å². The fourth-order valence-electron chi connectivity index (χ4n) is 2.60. The average Bonchev–Trinajstić information content (AvgIpc) is 2.43. The number of rotatable bonds is 5. The molecule has 0 spiro atoms.